The summed E-state index contributed by atoms with van der Waals surface area (Å²) in [6.07, 6.45) is 0. The van der Waals surface area contributed by atoms with E-state index >= 15 is 0 Å². The summed E-state index contributed by atoms with van der Waals surface area (Å²) in [4.78, 5) is 9.18. The van der Waals surface area contributed by atoms with Gasteiger partial charge in [0.2, 0.25) is 0 Å². The van der Waals surface area contributed by atoms with Crippen LogP contribution in [-0.4, -0.2) is 18.6 Å². The SMILES string of the molecule is CCOC=O.O.c1ccccc1. The van der Waals surface area contributed by atoms with Gasteiger partial charge in [-0.05, 0) is 6.92 Å². The van der Waals surface area contributed by atoms with E-state index in [4.69, 9.17) is 0 Å². The van der Waals surface area contributed by atoms with Gasteiger partial charge in [-0.25, -0.2) is 0 Å². The van der Waals surface area contributed by atoms with E-state index in [-0.39, 0.29) is 5.48 Å². The molecule has 0 spiro atoms. The summed E-state index contributed by atoms with van der Waals surface area (Å²) >= 11 is 0. The molecular weight excluding hydrogens is 156 g/mol. The molecule has 0 unspecified atom stereocenters. The molecule has 0 bridgehead atoms. The standard InChI is InChI=1S/C6H6.C3H6O2.H2O/c1-2-4-6-5-3-1;1-2-5-3-4;/h1-6H;3H,2H2,1H3;1H2. The second kappa shape index (κ2) is 12.3. The predicted octanol–water partition coefficient (Wildman–Crippen LogP) is 1.04. The van der Waals surface area contributed by atoms with Crippen molar-refractivity contribution < 1.29 is 15.0 Å². The molecule has 3 nitrogen and oxygen atoms in total. The van der Waals surface area contributed by atoms with Crippen LogP contribution in [0.5, 0.6) is 0 Å². The Balaban J connectivity index is 0. The number of benzene rings is 1. The molecule has 12 heavy (non-hydrogen) atoms. The van der Waals surface area contributed by atoms with E-state index in [1.807, 2.05) is 36.4 Å². The number of carbonyl (C=O) groups is 1. The third-order valence-corrected chi connectivity index (χ3v) is 0.901. The van der Waals surface area contributed by atoms with Gasteiger partial charge in [0.1, 0.15) is 0 Å². The van der Waals surface area contributed by atoms with Gasteiger partial charge in [0.15, 0.2) is 0 Å². The number of hydrogen-bond donors (Lipinski definition) is 0. The minimum atomic E-state index is 0. The van der Waals surface area contributed by atoms with Crippen molar-refractivity contribution in [1.29, 1.82) is 0 Å². The zero-order chi connectivity index (χ0) is 8.36. The Labute approximate surface area is 72.3 Å². The van der Waals surface area contributed by atoms with E-state index in [0.29, 0.717) is 13.1 Å². The Morgan fingerprint density at radius 1 is 1.08 bits per heavy atom. The number of carbonyl (C=O) groups excluding carboxylic acids is 1. The fourth-order valence-corrected chi connectivity index (χ4v) is 0.453. The molecule has 1 aromatic rings. The molecule has 0 aliphatic rings. The van der Waals surface area contributed by atoms with Gasteiger partial charge in [-0.1, -0.05) is 36.4 Å². The molecule has 0 saturated heterocycles. The van der Waals surface area contributed by atoms with Gasteiger partial charge in [0.25, 0.3) is 6.47 Å². The Hall–Kier alpha value is -1.35. The second-order valence-corrected chi connectivity index (χ2v) is 1.71. The molecular formula is C9H14O3. The van der Waals surface area contributed by atoms with Crippen molar-refractivity contribution >= 4 is 6.47 Å². The minimum absolute atomic E-state index is 0. The van der Waals surface area contributed by atoms with Crippen LogP contribution in [0.15, 0.2) is 36.4 Å². The maximum atomic E-state index is 9.18. The Kier molecular flexibility index (Phi) is 13.6. The third kappa shape index (κ3) is 11.4. The maximum Gasteiger partial charge on any atom is 0.293 e. The van der Waals surface area contributed by atoms with Crippen molar-refractivity contribution in [1.82, 2.24) is 0 Å². The molecule has 0 aromatic heterocycles. The molecule has 3 heteroatoms. The highest BCUT2D eigenvalue weighted by molar-refractivity contribution is 5.36. The van der Waals surface area contributed by atoms with Gasteiger partial charge in [0.05, 0.1) is 6.61 Å². The summed E-state index contributed by atoms with van der Waals surface area (Å²) in [6.45, 7) is 2.66. The number of rotatable bonds is 2. The van der Waals surface area contributed by atoms with Crippen LogP contribution in [0.4, 0.5) is 0 Å². The highest BCUT2D eigenvalue weighted by Crippen LogP contribution is 1.79. The van der Waals surface area contributed by atoms with Crippen molar-refractivity contribution in [2.24, 2.45) is 0 Å². The average molecular weight is 170 g/mol. The Bertz CT molecular complexity index is 136. The van der Waals surface area contributed by atoms with Gasteiger partial charge in [0, 0.05) is 0 Å². The highest BCUT2D eigenvalue weighted by Gasteiger charge is 1.60. The zero-order valence-corrected chi connectivity index (χ0v) is 7.07. The van der Waals surface area contributed by atoms with Gasteiger partial charge in [-0.3, -0.25) is 4.79 Å². The lowest BCUT2D eigenvalue weighted by Crippen LogP contribution is -1.80. The van der Waals surface area contributed by atoms with Gasteiger partial charge in [-0.15, -0.1) is 0 Å². The smallest absolute Gasteiger partial charge is 0.293 e. The Morgan fingerprint density at radius 2 is 1.42 bits per heavy atom. The highest BCUT2D eigenvalue weighted by atomic mass is 16.5. The predicted molar refractivity (Wildman–Crippen MR) is 47.7 cm³/mol. The summed E-state index contributed by atoms with van der Waals surface area (Å²) < 4.78 is 4.15. The second-order valence-electron chi connectivity index (χ2n) is 1.71. The van der Waals surface area contributed by atoms with Crippen molar-refractivity contribution in [3.8, 4) is 0 Å². The maximum absolute atomic E-state index is 9.18. The summed E-state index contributed by atoms with van der Waals surface area (Å²) in [5, 5.41) is 0. The lowest BCUT2D eigenvalue weighted by atomic mass is 10.4. The quantitative estimate of drug-likeness (QED) is 0.622. The molecule has 0 amide bonds. The lowest BCUT2D eigenvalue weighted by Gasteiger charge is -1.79. The topological polar surface area (TPSA) is 57.8 Å². The van der Waals surface area contributed by atoms with Crippen LogP contribution in [0.25, 0.3) is 0 Å². The molecule has 0 heterocycles. The molecule has 0 aliphatic heterocycles. The molecule has 0 saturated carbocycles. The van der Waals surface area contributed by atoms with Crippen molar-refractivity contribution in [2.45, 2.75) is 6.92 Å². The third-order valence-electron chi connectivity index (χ3n) is 0.901. The van der Waals surface area contributed by atoms with E-state index in [9.17, 15) is 4.79 Å². The molecule has 0 fully saturated rings. The first-order valence-electron chi connectivity index (χ1n) is 3.47. The summed E-state index contributed by atoms with van der Waals surface area (Å²) in [6, 6.07) is 12.0. The van der Waals surface area contributed by atoms with Crippen molar-refractivity contribution in [3.05, 3.63) is 36.4 Å². The largest absolute Gasteiger partial charge is 0.468 e. The van der Waals surface area contributed by atoms with E-state index in [1.54, 1.807) is 6.92 Å². The molecule has 0 radical (unpaired) electrons. The molecule has 0 aliphatic carbocycles. The summed E-state index contributed by atoms with van der Waals surface area (Å²) in [5.74, 6) is 0. The Morgan fingerprint density at radius 3 is 1.50 bits per heavy atom. The number of hydrogen-bond acceptors (Lipinski definition) is 2. The molecule has 1 rings (SSSR count). The monoisotopic (exact) mass is 170 g/mol. The zero-order valence-electron chi connectivity index (χ0n) is 7.07. The van der Waals surface area contributed by atoms with Crippen molar-refractivity contribution in [3.63, 3.8) is 0 Å². The first-order valence-corrected chi connectivity index (χ1v) is 3.47. The van der Waals surface area contributed by atoms with Gasteiger partial charge < -0.3 is 10.2 Å². The average Bonchev–Trinajstić information content (AvgIpc) is 2.10. The van der Waals surface area contributed by atoms with E-state index in [0.717, 1.165) is 0 Å². The van der Waals surface area contributed by atoms with Crippen LogP contribution >= 0.6 is 0 Å². The summed E-state index contributed by atoms with van der Waals surface area (Å²) in [7, 11) is 0. The van der Waals surface area contributed by atoms with E-state index in [1.165, 1.54) is 0 Å². The van der Waals surface area contributed by atoms with Gasteiger partial charge in [-0.2, -0.15) is 0 Å². The first kappa shape index (κ1) is 13.3. The molecule has 0 atom stereocenters. The van der Waals surface area contributed by atoms with E-state index < -0.39 is 0 Å². The normalized spacial score (nSPS) is 6.75. The van der Waals surface area contributed by atoms with Crippen LogP contribution in [-0.2, 0) is 9.53 Å². The first-order chi connectivity index (χ1) is 5.41. The van der Waals surface area contributed by atoms with Gasteiger partial charge >= 0.3 is 0 Å². The van der Waals surface area contributed by atoms with Crippen LogP contribution in [0.1, 0.15) is 6.92 Å². The van der Waals surface area contributed by atoms with Crippen LogP contribution in [0.2, 0.25) is 0 Å². The number of ether oxygens (including phenoxy) is 1. The van der Waals surface area contributed by atoms with Crippen LogP contribution in [0, 0.1) is 0 Å². The fraction of sp³-hybridized carbons (Fsp3) is 0.222. The fourth-order valence-electron chi connectivity index (χ4n) is 0.453. The minimum Gasteiger partial charge on any atom is -0.468 e. The molecule has 2 N–H and O–H groups in total. The van der Waals surface area contributed by atoms with Crippen LogP contribution in [0.3, 0.4) is 0 Å². The molecule has 68 valence electrons. The van der Waals surface area contributed by atoms with E-state index in [2.05, 4.69) is 4.74 Å². The molecule has 1 aromatic carbocycles. The lowest BCUT2D eigenvalue weighted by molar-refractivity contribution is -0.128. The summed E-state index contributed by atoms with van der Waals surface area (Å²) in [5.41, 5.74) is 0. The van der Waals surface area contributed by atoms with Crippen LogP contribution < -0.4 is 0 Å². The van der Waals surface area contributed by atoms with Crippen molar-refractivity contribution in [2.75, 3.05) is 6.61 Å².